The fourth-order valence-corrected chi connectivity index (χ4v) is 5.50. The average molecular weight is 582 g/mol. The van der Waals surface area contributed by atoms with E-state index < -0.39 is 0 Å². The molecule has 2 aromatic heterocycles. The molecule has 0 unspecified atom stereocenters. The summed E-state index contributed by atoms with van der Waals surface area (Å²) >= 11 is 13.0. The molecule has 1 aliphatic heterocycles. The van der Waals surface area contributed by atoms with Gasteiger partial charge in [0.2, 0.25) is 0 Å². The maximum atomic E-state index is 5.86. The molecule has 0 amide bonds. The highest BCUT2D eigenvalue weighted by Crippen LogP contribution is 2.43. The minimum atomic E-state index is -0.0683. The van der Waals surface area contributed by atoms with Crippen LogP contribution in [0.2, 0.25) is 0 Å². The molecule has 1 N–H and O–H groups in total. The number of aromatic nitrogens is 2. The molecular formula is C26H22Br2N4S. The van der Waals surface area contributed by atoms with Gasteiger partial charge in [-0.3, -0.25) is 4.98 Å². The molecule has 1 aliphatic rings. The van der Waals surface area contributed by atoms with E-state index in [0.717, 1.165) is 26.0 Å². The Labute approximate surface area is 215 Å². The number of nitrogens with one attached hydrogen (secondary N) is 1. The first-order valence-corrected chi connectivity index (χ1v) is 12.6. The van der Waals surface area contributed by atoms with Gasteiger partial charge in [0.1, 0.15) is 0 Å². The quantitative estimate of drug-likeness (QED) is 0.259. The molecule has 0 spiro atoms. The number of hydrogen-bond acceptors (Lipinski definition) is 2. The van der Waals surface area contributed by atoms with E-state index in [2.05, 4.69) is 114 Å². The lowest BCUT2D eigenvalue weighted by Gasteiger charge is -2.28. The lowest BCUT2D eigenvalue weighted by Crippen LogP contribution is -2.29. The van der Waals surface area contributed by atoms with Crippen LogP contribution >= 0.6 is 44.1 Å². The monoisotopic (exact) mass is 580 g/mol. The number of nitrogens with zero attached hydrogens (tertiary/aromatic N) is 3. The van der Waals surface area contributed by atoms with Crippen molar-refractivity contribution in [3.63, 3.8) is 0 Å². The fourth-order valence-electron chi connectivity index (χ4n) is 4.63. The number of thiocarbonyl (C=S) groups is 1. The highest BCUT2D eigenvalue weighted by Gasteiger charge is 2.42. The van der Waals surface area contributed by atoms with Gasteiger partial charge in [0, 0.05) is 37.9 Å². The smallest absolute Gasteiger partial charge is 0.174 e. The predicted molar refractivity (Wildman–Crippen MR) is 145 cm³/mol. The van der Waals surface area contributed by atoms with Crippen molar-refractivity contribution in [2.24, 2.45) is 0 Å². The van der Waals surface area contributed by atoms with Crippen LogP contribution in [0.4, 0.5) is 5.69 Å². The number of benzene rings is 2. The van der Waals surface area contributed by atoms with Gasteiger partial charge in [-0.2, -0.15) is 0 Å². The van der Waals surface area contributed by atoms with Gasteiger partial charge in [0.25, 0.3) is 0 Å². The second-order valence-corrected chi connectivity index (χ2v) is 10.3. The Morgan fingerprint density at radius 3 is 2.12 bits per heavy atom. The van der Waals surface area contributed by atoms with Gasteiger partial charge in [-0.25, -0.2) is 0 Å². The van der Waals surface area contributed by atoms with Crippen molar-refractivity contribution in [3.05, 3.63) is 111 Å². The van der Waals surface area contributed by atoms with Crippen molar-refractivity contribution in [2.45, 2.75) is 25.9 Å². The summed E-state index contributed by atoms with van der Waals surface area (Å²) in [7, 11) is 0. The highest BCUT2D eigenvalue weighted by molar-refractivity contribution is 9.10. The third-order valence-corrected chi connectivity index (χ3v) is 7.45. The lowest BCUT2D eigenvalue weighted by atomic mass is 9.96. The standard InChI is InChI=1S/C26H22Br2N4S/c1-16-15-22(17(2)31(16)20-10-6-18(27)7-11-20)25-24(23-5-3-4-14-29-23)30-26(33)32(25)21-12-8-19(28)9-13-21/h3-15,24-25H,1-2H3,(H,30,33)/t24-,25-/m1/s1. The van der Waals surface area contributed by atoms with Crippen LogP contribution in [0.15, 0.2) is 87.9 Å². The minimum absolute atomic E-state index is 0.0380. The zero-order valence-electron chi connectivity index (χ0n) is 18.2. The summed E-state index contributed by atoms with van der Waals surface area (Å²) in [5.74, 6) is 0. The van der Waals surface area contributed by atoms with Crippen molar-refractivity contribution in [3.8, 4) is 5.69 Å². The molecule has 2 aromatic carbocycles. The minimum Gasteiger partial charge on any atom is -0.351 e. The summed E-state index contributed by atoms with van der Waals surface area (Å²) < 4.78 is 4.41. The van der Waals surface area contributed by atoms with E-state index in [-0.39, 0.29) is 12.1 Å². The highest BCUT2D eigenvalue weighted by atomic mass is 79.9. The van der Waals surface area contributed by atoms with Crippen LogP contribution in [0.3, 0.4) is 0 Å². The zero-order chi connectivity index (χ0) is 23.1. The Morgan fingerprint density at radius 1 is 0.879 bits per heavy atom. The third kappa shape index (κ3) is 4.14. The van der Waals surface area contributed by atoms with Gasteiger partial charge in [-0.15, -0.1) is 0 Å². The second kappa shape index (κ2) is 9.05. The van der Waals surface area contributed by atoms with E-state index >= 15 is 0 Å². The van der Waals surface area contributed by atoms with Crippen LogP contribution in [0.25, 0.3) is 5.69 Å². The third-order valence-electron chi connectivity index (χ3n) is 6.08. The fraction of sp³-hybridized carbons (Fsp3) is 0.154. The Hall–Kier alpha value is -2.48. The number of anilines is 1. The van der Waals surface area contributed by atoms with E-state index in [4.69, 9.17) is 12.2 Å². The topological polar surface area (TPSA) is 33.1 Å². The van der Waals surface area contributed by atoms with Crippen molar-refractivity contribution in [1.82, 2.24) is 14.9 Å². The lowest BCUT2D eigenvalue weighted by molar-refractivity contribution is 0.565. The molecule has 0 bridgehead atoms. The first-order chi connectivity index (χ1) is 15.9. The largest absolute Gasteiger partial charge is 0.351 e. The van der Waals surface area contributed by atoms with Gasteiger partial charge in [0.05, 0.1) is 17.8 Å². The summed E-state index contributed by atoms with van der Waals surface area (Å²) in [6, 6.07) is 24.9. The Morgan fingerprint density at radius 2 is 1.52 bits per heavy atom. The van der Waals surface area contributed by atoms with Gasteiger partial charge >= 0.3 is 0 Å². The van der Waals surface area contributed by atoms with Gasteiger partial charge in [-0.1, -0.05) is 37.9 Å². The van der Waals surface area contributed by atoms with E-state index in [1.54, 1.807) is 0 Å². The van der Waals surface area contributed by atoms with E-state index in [0.29, 0.717) is 5.11 Å². The van der Waals surface area contributed by atoms with Crippen LogP contribution in [-0.2, 0) is 0 Å². The molecule has 4 aromatic rings. The van der Waals surface area contributed by atoms with E-state index in [9.17, 15) is 0 Å². The van der Waals surface area contributed by atoms with Crippen molar-refractivity contribution in [2.75, 3.05) is 4.90 Å². The maximum absolute atomic E-state index is 5.86. The molecule has 1 saturated heterocycles. The van der Waals surface area contributed by atoms with Crippen LogP contribution < -0.4 is 10.2 Å². The Bertz CT molecular complexity index is 1300. The van der Waals surface area contributed by atoms with E-state index in [1.165, 1.54) is 17.0 Å². The number of rotatable bonds is 4. The molecule has 166 valence electrons. The number of pyridine rings is 1. The molecule has 3 heterocycles. The Kier molecular flexibility index (Phi) is 6.12. The molecule has 4 nitrogen and oxygen atoms in total. The molecule has 0 radical (unpaired) electrons. The molecule has 33 heavy (non-hydrogen) atoms. The summed E-state index contributed by atoms with van der Waals surface area (Å²) in [6.07, 6.45) is 1.84. The van der Waals surface area contributed by atoms with Crippen LogP contribution in [0.1, 0.15) is 34.7 Å². The van der Waals surface area contributed by atoms with Crippen molar-refractivity contribution >= 4 is 54.9 Å². The Balaban J connectivity index is 1.67. The molecule has 0 aliphatic carbocycles. The SMILES string of the molecule is Cc1cc([C@@H]2[C@@H](c3ccccn3)NC(=S)N2c2ccc(Br)cc2)c(C)n1-c1ccc(Br)cc1. The summed E-state index contributed by atoms with van der Waals surface area (Å²) in [6.45, 7) is 4.33. The first kappa shape index (κ1) is 22.3. The van der Waals surface area contributed by atoms with Crippen LogP contribution in [-0.4, -0.2) is 14.7 Å². The maximum Gasteiger partial charge on any atom is 0.174 e. The normalized spacial score (nSPS) is 17.9. The summed E-state index contributed by atoms with van der Waals surface area (Å²) in [5.41, 5.74) is 6.75. The number of hydrogen-bond donors (Lipinski definition) is 1. The molecule has 0 saturated carbocycles. The summed E-state index contributed by atoms with van der Waals surface area (Å²) in [4.78, 5) is 6.89. The van der Waals surface area contributed by atoms with E-state index in [1.807, 2.05) is 30.5 Å². The van der Waals surface area contributed by atoms with Gasteiger partial charge in [-0.05, 0) is 98.4 Å². The van der Waals surface area contributed by atoms with Crippen molar-refractivity contribution < 1.29 is 0 Å². The molecule has 2 atom stereocenters. The zero-order valence-corrected chi connectivity index (χ0v) is 22.2. The first-order valence-electron chi connectivity index (χ1n) is 10.6. The van der Waals surface area contributed by atoms with Gasteiger partial charge < -0.3 is 14.8 Å². The predicted octanol–water partition coefficient (Wildman–Crippen LogP) is 7.19. The molecule has 1 fully saturated rings. The summed E-state index contributed by atoms with van der Waals surface area (Å²) in [5, 5.41) is 4.25. The molecule has 7 heteroatoms. The van der Waals surface area contributed by atoms with Gasteiger partial charge in [0.15, 0.2) is 5.11 Å². The molecule has 5 rings (SSSR count). The number of halogens is 2. The van der Waals surface area contributed by atoms with Crippen molar-refractivity contribution in [1.29, 1.82) is 0 Å². The molecular weight excluding hydrogens is 560 g/mol. The van der Waals surface area contributed by atoms with Crippen LogP contribution in [0, 0.1) is 13.8 Å². The van der Waals surface area contributed by atoms with Crippen LogP contribution in [0.5, 0.6) is 0 Å². The number of aryl methyl sites for hydroxylation is 1. The average Bonchev–Trinajstić information content (AvgIpc) is 3.31. The second-order valence-electron chi connectivity index (χ2n) is 8.11.